The number of hydrogen-bond acceptors (Lipinski definition) is 4. The van der Waals surface area contributed by atoms with E-state index in [1.54, 1.807) is 11.0 Å². The van der Waals surface area contributed by atoms with Crippen molar-refractivity contribution in [1.29, 1.82) is 0 Å². The predicted molar refractivity (Wildman–Crippen MR) is 108 cm³/mol. The van der Waals surface area contributed by atoms with Crippen LogP contribution in [0.4, 0.5) is 4.79 Å². The Hall–Kier alpha value is -2.23. The lowest BCUT2D eigenvalue weighted by Gasteiger charge is -2.31. The number of thioether (sulfide) groups is 1. The molecule has 1 heterocycles. The van der Waals surface area contributed by atoms with Crippen molar-refractivity contribution in [3.05, 3.63) is 48.0 Å². The molecule has 1 unspecified atom stereocenters. The minimum absolute atomic E-state index is 0.00622. The first-order valence-corrected chi connectivity index (χ1v) is 10.1. The molecule has 1 aromatic carbocycles. The first kappa shape index (κ1) is 21.1. The number of aliphatic hydroxyl groups is 1. The van der Waals surface area contributed by atoms with Crippen molar-refractivity contribution >= 4 is 23.0 Å². The van der Waals surface area contributed by atoms with Crippen molar-refractivity contribution in [2.45, 2.75) is 44.2 Å². The SMILES string of the molecule is O=C(O)CCCC#CCN1C(=O)SCC[C@@H]1C=CC(O)Cc1ccccc1. The van der Waals surface area contributed by atoms with Crippen LogP contribution in [0.15, 0.2) is 42.5 Å². The molecule has 0 bridgehead atoms. The van der Waals surface area contributed by atoms with E-state index in [1.165, 1.54) is 11.8 Å². The number of carbonyl (C=O) groups is 2. The van der Waals surface area contributed by atoms with Crippen molar-refractivity contribution in [2.75, 3.05) is 12.3 Å². The van der Waals surface area contributed by atoms with Crippen LogP contribution in [0.3, 0.4) is 0 Å². The molecule has 1 saturated heterocycles. The number of aliphatic hydroxyl groups excluding tert-OH is 1. The number of carboxylic acids is 1. The van der Waals surface area contributed by atoms with Crippen molar-refractivity contribution in [3.63, 3.8) is 0 Å². The normalized spacial score (nSPS) is 18.2. The van der Waals surface area contributed by atoms with Gasteiger partial charge >= 0.3 is 5.97 Å². The fourth-order valence-electron chi connectivity index (χ4n) is 2.76. The highest BCUT2D eigenvalue weighted by molar-refractivity contribution is 8.13. The van der Waals surface area contributed by atoms with Crippen LogP contribution in [0, 0.1) is 11.8 Å². The zero-order chi connectivity index (χ0) is 19.5. The maximum Gasteiger partial charge on any atom is 0.303 e. The molecule has 2 atom stereocenters. The highest BCUT2D eigenvalue weighted by Gasteiger charge is 2.26. The lowest BCUT2D eigenvalue weighted by Crippen LogP contribution is -2.41. The molecule has 5 nitrogen and oxygen atoms in total. The van der Waals surface area contributed by atoms with Gasteiger partial charge in [-0.3, -0.25) is 9.59 Å². The van der Waals surface area contributed by atoms with Gasteiger partial charge in [-0.2, -0.15) is 0 Å². The summed E-state index contributed by atoms with van der Waals surface area (Å²) in [5, 5.41) is 18.8. The standard InChI is InChI=1S/C21H25NO4S/c23-19(16-17-8-4-3-5-9-17)12-11-18-13-15-27-21(26)22(18)14-7-2-1-6-10-20(24)25/h3-5,8-9,11-12,18-19,23H,1,6,10,13-16H2,(H,24,25)/t18-,19?/m0/s1. The summed E-state index contributed by atoms with van der Waals surface area (Å²) >= 11 is 1.28. The van der Waals surface area contributed by atoms with E-state index in [9.17, 15) is 14.7 Å². The fourth-order valence-corrected chi connectivity index (χ4v) is 3.66. The molecule has 1 aliphatic heterocycles. The Bertz CT molecular complexity index is 708. The molecule has 2 rings (SSSR count). The first-order chi connectivity index (χ1) is 13.1. The number of rotatable bonds is 8. The number of benzene rings is 1. The van der Waals surface area contributed by atoms with Gasteiger partial charge in [-0.1, -0.05) is 60.2 Å². The van der Waals surface area contributed by atoms with Gasteiger partial charge in [0.05, 0.1) is 18.7 Å². The first-order valence-electron chi connectivity index (χ1n) is 9.07. The Balaban J connectivity index is 1.87. The topological polar surface area (TPSA) is 77.8 Å². The molecule has 0 radical (unpaired) electrons. The van der Waals surface area contributed by atoms with E-state index in [4.69, 9.17) is 5.11 Å². The Kier molecular flexibility index (Phi) is 8.96. The van der Waals surface area contributed by atoms with Crippen LogP contribution >= 0.6 is 11.8 Å². The fraction of sp³-hybridized carbons (Fsp3) is 0.429. The van der Waals surface area contributed by atoms with Gasteiger partial charge in [-0.15, -0.1) is 5.92 Å². The summed E-state index contributed by atoms with van der Waals surface area (Å²) in [7, 11) is 0. The van der Waals surface area contributed by atoms with Gasteiger partial charge in [-0.25, -0.2) is 0 Å². The largest absolute Gasteiger partial charge is 0.481 e. The van der Waals surface area contributed by atoms with E-state index in [0.717, 1.165) is 17.7 Å². The molecule has 0 saturated carbocycles. The van der Waals surface area contributed by atoms with Crippen LogP contribution in [0.25, 0.3) is 0 Å². The van der Waals surface area contributed by atoms with Crippen molar-refractivity contribution < 1.29 is 19.8 Å². The van der Waals surface area contributed by atoms with E-state index < -0.39 is 12.1 Å². The monoisotopic (exact) mass is 387 g/mol. The highest BCUT2D eigenvalue weighted by Crippen LogP contribution is 2.23. The third kappa shape index (κ3) is 7.90. The number of carboxylic acid groups (broad SMARTS) is 1. The van der Waals surface area contributed by atoms with Crippen LogP contribution in [-0.4, -0.2) is 50.8 Å². The Labute approximate surface area is 164 Å². The number of carbonyl (C=O) groups excluding carboxylic acids is 1. The Morgan fingerprint density at radius 1 is 1.33 bits per heavy atom. The second-order valence-corrected chi connectivity index (χ2v) is 7.39. The van der Waals surface area contributed by atoms with E-state index in [1.807, 2.05) is 36.4 Å². The summed E-state index contributed by atoms with van der Waals surface area (Å²) in [5.41, 5.74) is 1.06. The van der Waals surface area contributed by atoms with Crippen molar-refractivity contribution in [2.24, 2.45) is 0 Å². The summed E-state index contributed by atoms with van der Waals surface area (Å²) in [5.74, 6) is 5.84. The van der Waals surface area contributed by atoms with E-state index in [2.05, 4.69) is 11.8 Å². The number of nitrogens with zero attached hydrogens (tertiary/aromatic N) is 1. The molecule has 2 N–H and O–H groups in total. The Morgan fingerprint density at radius 3 is 2.85 bits per heavy atom. The third-order valence-corrected chi connectivity index (χ3v) is 5.11. The lowest BCUT2D eigenvalue weighted by molar-refractivity contribution is -0.137. The summed E-state index contributed by atoms with van der Waals surface area (Å²) in [6.45, 7) is 0.322. The van der Waals surface area contributed by atoms with Crippen LogP contribution in [0.1, 0.15) is 31.2 Å². The van der Waals surface area contributed by atoms with Gasteiger partial charge in [0.2, 0.25) is 0 Å². The molecule has 1 aromatic rings. The summed E-state index contributed by atoms with van der Waals surface area (Å²) in [6.07, 6.45) is 5.56. The quantitative estimate of drug-likeness (QED) is 0.406. The lowest BCUT2D eigenvalue weighted by atomic mass is 10.1. The van der Waals surface area contributed by atoms with Crippen LogP contribution in [0.2, 0.25) is 0 Å². The minimum Gasteiger partial charge on any atom is -0.481 e. The van der Waals surface area contributed by atoms with Gasteiger partial charge in [0, 0.05) is 25.0 Å². The minimum atomic E-state index is -0.821. The maximum absolute atomic E-state index is 12.2. The second kappa shape index (κ2) is 11.5. The second-order valence-electron chi connectivity index (χ2n) is 6.34. The van der Waals surface area contributed by atoms with E-state index in [-0.39, 0.29) is 17.7 Å². The molecule has 1 fully saturated rings. The third-order valence-electron chi connectivity index (χ3n) is 4.18. The molecule has 144 valence electrons. The molecular weight excluding hydrogens is 362 g/mol. The number of unbranched alkanes of at least 4 members (excludes halogenated alkanes) is 1. The number of amides is 1. The average molecular weight is 388 g/mol. The maximum atomic E-state index is 12.2. The van der Waals surface area contributed by atoms with E-state index >= 15 is 0 Å². The zero-order valence-corrected chi connectivity index (χ0v) is 16.0. The van der Waals surface area contributed by atoms with Crippen LogP contribution < -0.4 is 0 Å². The molecule has 6 heteroatoms. The zero-order valence-electron chi connectivity index (χ0n) is 15.2. The van der Waals surface area contributed by atoms with Gasteiger partial charge in [-0.05, 0) is 18.4 Å². The van der Waals surface area contributed by atoms with Gasteiger partial charge in [0.1, 0.15) is 0 Å². The molecule has 0 aliphatic carbocycles. The number of hydrogen-bond donors (Lipinski definition) is 2. The van der Waals surface area contributed by atoms with Crippen molar-refractivity contribution in [3.8, 4) is 11.8 Å². The molecule has 0 aromatic heterocycles. The van der Waals surface area contributed by atoms with Gasteiger partial charge in [0.15, 0.2) is 0 Å². The molecule has 1 amide bonds. The van der Waals surface area contributed by atoms with Crippen LogP contribution in [-0.2, 0) is 11.2 Å². The summed E-state index contributed by atoms with van der Waals surface area (Å²) < 4.78 is 0. The van der Waals surface area contributed by atoms with Gasteiger partial charge in [0.25, 0.3) is 5.24 Å². The molecule has 1 aliphatic rings. The van der Waals surface area contributed by atoms with Crippen molar-refractivity contribution in [1.82, 2.24) is 4.90 Å². The number of aliphatic carboxylic acids is 1. The molecule has 27 heavy (non-hydrogen) atoms. The average Bonchev–Trinajstić information content (AvgIpc) is 2.65. The van der Waals surface area contributed by atoms with Gasteiger partial charge < -0.3 is 15.1 Å². The summed E-state index contributed by atoms with van der Waals surface area (Å²) in [6, 6.07) is 9.71. The van der Waals surface area contributed by atoms with Crippen LogP contribution in [0.5, 0.6) is 0 Å². The molecule has 0 spiro atoms. The van der Waals surface area contributed by atoms with E-state index in [0.29, 0.717) is 25.8 Å². The molecular formula is C21H25NO4S. The highest BCUT2D eigenvalue weighted by atomic mass is 32.2. The summed E-state index contributed by atoms with van der Waals surface area (Å²) in [4.78, 5) is 24.4. The Morgan fingerprint density at radius 2 is 2.11 bits per heavy atom. The predicted octanol–water partition coefficient (Wildman–Crippen LogP) is 3.33. The smallest absolute Gasteiger partial charge is 0.303 e.